The van der Waals surface area contributed by atoms with Crippen LogP contribution in [0.15, 0.2) is 42.5 Å². The molecule has 0 saturated carbocycles. The summed E-state index contributed by atoms with van der Waals surface area (Å²) in [6, 6.07) is 13.5. The van der Waals surface area contributed by atoms with Gasteiger partial charge < -0.3 is 4.90 Å². The first kappa shape index (κ1) is 15.0. The van der Waals surface area contributed by atoms with Crippen molar-refractivity contribution in [3.05, 3.63) is 53.4 Å². The molecule has 0 saturated heterocycles. The van der Waals surface area contributed by atoms with E-state index in [9.17, 15) is 0 Å². The number of hydrogen-bond acceptors (Lipinski definition) is 5. The van der Waals surface area contributed by atoms with Crippen LogP contribution in [0.5, 0.6) is 0 Å². The standard InChI is InChI=1S/C17H15ClN6/c1-23(2)10-14-22-21-13-9-8-12-17(24(13)14)20-15(16(18)19-12)11-6-4-3-5-7-11/h3-9H,10H2,1-2H3. The third-order valence-electron chi connectivity index (χ3n) is 3.72. The SMILES string of the molecule is CN(C)Cc1nnc2ccc3nc(Cl)c(-c4ccccc4)nc3n12. The number of rotatable bonds is 3. The molecule has 3 heterocycles. The number of pyridine rings is 1. The fraction of sp³-hybridized carbons (Fsp3) is 0.176. The second kappa shape index (κ2) is 5.81. The summed E-state index contributed by atoms with van der Waals surface area (Å²) in [4.78, 5) is 11.3. The molecule has 0 aliphatic carbocycles. The first-order valence-corrected chi connectivity index (χ1v) is 7.91. The zero-order chi connectivity index (χ0) is 16.7. The number of halogens is 1. The molecule has 7 heteroatoms. The summed E-state index contributed by atoms with van der Waals surface area (Å²) in [5.41, 5.74) is 3.75. The van der Waals surface area contributed by atoms with Crippen molar-refractivity contribution in [3.8, 4) is 11.3 Å². The molecule has 6 nitrogen and oxygen atoms in total. The summed E-state index contributed by atoms with van der Waals surface area (Å²) < 4.78 is 1.94. The van der Waals surface area contributed by atoms with Crippen LogP contribution in [0.1, 0.15) is 5.82 Å². The van der Waals surface area contributed by atoms with Gasteiger partial charge in [0.1, 0.15) is 11.2 Å². The largest absolute Gasteiger partial charge is 0.302 e. The molecule has 0 amide bonds. The van der Waals surface area contributed by atoms with Crippen LogP contribution < -0.4 is 0 Å². The molecule has 0 atom stereocenters. The minimum Gasteiger partial charge on any atom is -0.302 e. The van der Waals surface area contributed by atoms with E-state index in [-0.39, 0.29) is 0 Å². The van der Waals surface area contributed by atoms with E-state index in [4.69, 9.17) is 16.6 Å². The summed E-state index contributed by atoms with van der Waals surface area (Å²) >= 11 is 6.36. The molecule has 120 valence electrons. The highest BCUT2D eigenvalue weighted by Gasteiger charge is 2.15. The van der Waals surface area contributed by atoms with Crippen molar-refractivity contribution in [1.29, 1.82) is 0 Å². The van der Waals surface area contributed by atoms with Crippen LogP contribution >= 0.6 is 11.6 Å². The minimum absolute atomic E-state index is 0.385. The third-order valence-corrected chi connectivity index (χ3v) is 3.99. The van der Waals surface area contributed by atoms with Gasteiger partial charge in [0.2, 0.25) is 0 Å². The van der Waals surface area contributed by atoms with Gasteiger partial charge in [-0.05, 0) is 26.2 Å². The molecule has 0 bridgehead atoms. The van der Waals surface area contributed by atoms with Crippen LogP contribution in [0.25, 0.3) is 28.1 Å². The minimum atomic E-state index is 0.385. The molecule has 1 aromatic carbocycles. The van der Waals surface area contributed by atoms with E-state index < -0.39 is 0 Å². The normalized spacial score (nSPS) is 11.7. The number of hydrogen-bond donors (Lipinski definition) is 0. The molecule has 0 fully saturated rings. The van der Waals surface area contributed by atoms with Crippen LogP contribution in [0, 0.1) is 0 Å². The van der Waals surface area contributed by atoms with E-state index >= 15 is 0 Å². The Hall–Kier alpha value is -2.57. The second-order valence-electron chi connectivity index (χ2n) is 5.82. The Balaban J connectivity index is 2.02. The lowest BCUT2D eigenvalue weighted by Crippen LogP contribution is -2.14. The molecule has 4 aromatic rings. The lowest BCUT2D eigenvalue weighted by Gasteiger charge is -2.10. The molecule has 24 heavy (non-hydrogen) atoms. The van der Waals surface area contributed by atoms with Crippen LogP contribution in [0.3, 0.4) is 0 Å². The topological polar surface area (TPSA) is 59.2 Å². The maximum atomic E-state index is 6.36. The van der Waals surface area contributed by atoms with Crippen molar-refractivity contribution in [2.24, 2.45) is 0 Å². The molecule has 3 aromatic heterocycles. The first-order chi connectivity index (χ1) is 11.6. The Labute approximate surface area is 143 Å². The number of benzene rings is 1. The van der Waals surface area contributed by atoms with Gasteiger partial charge in [-0.25, -0.2) is 9.97 Å². The zero-order valence-electron chi connectivity index (χ0n) is 13.3. The van der Waals surface area contributed by atoms with E-state index in [2.05, 4.69) is 15.2 Å². The quantitative estimate of drug-likeness (QED) is 0.574. The highest BCUT2D eigenvalue weighted by Crippen LogP contribution is 2.27. The summed E-state index contributed by atoms with van der Waals surface area (Å²) in [7, 11) is 3.98. The van der Waals surface area contributed by atoms with E-state index in [0.29, 0.717) is 28.6 Å². The molecule has 0 spiro atoms. The zero-order valence-corrected chi connectivity index (χ0v) is 14.1. The number of fused-ring (bicyclic) bond motifs is 3. The first-order valence-electron chi connectivity index (χ1n) is 7.54. The Bertz CT molecular complexity index is 1030. The van der Waals surface area contributed by atoms with E-state index in [1.807, 2.05) is 65.9 Å². The van der Waals surface area contributed by atoms with Gasteiger partial charge in [-0.1, -0.05) is 41.9 Å². The predicted octanol–water partition coefficient (Wildman–Crippen LogP) is 3.05. The molecular weight excluding hydrogens is 324 g/mol. The highest BCUT2D eigenvalue weighted by atomic mass is 35.5. The van der Waals surface area contributed by atoms with Crippen molar-refractivity contribution in [3.63, 3.8) is 0 Å². The Kier molecular flexibility index (Phi) is 3.63. The van der Waals surface area contributed by atoms with Gasteiger partial charge in [0.05, 0.1) is 6.54 Å². The summed E-state index contributed by atoms with van der Waals surface area (Å²) in [6.07, 6.45) is 0. The molecular formula is C17H15ClN6. The fourth-order valence-electron chi connectivity index (χ4n) is 2.68. The van der Waals surface area contributed by atoms with Crippen molar-refractivity contribution < 1.29 is 0 Å². The predicted molar refractivity (Wildman–Crippen MR) is 93.9 cm³/mol. The van der Waals surface area contributed by atoms with Crippen molar-refractivity contribution in [1.82, 2.24) is 29.5 Å². The molecule has 0 aliphatic rings. The van der Waals surface area contributed by atoms with Crippen LogP contribution in [-0.4, -0.2) is 43.6 Å². The summed E-state index contributed by atoms with van der Waals surface area (Å²) in [5.74, 6) is 0.816. The lowest BCUT2D eigenvalue weighted by atomic mass is 10.1. The van der Waals surface area contributed by atoms with Crippen LogP contribution in [0.2, 0.25) is 5.15 Å². The summed E-state index contributed by atoms with van der Waals surface area (Å²) in [6.45, 7) is 0.658. The molecule has 0 unspecified atom stereocenters. The van der Waals surface area contributed by atoms with Gasteiger partial charge in [0, 0.05) is 5.56 Å². The van der Waals surface area contributed by atoms with Crippen LogP contribution in [-0.2, 0) is 6.54 Å². The summed E-state index contributed by atoms with van der Waals surface area (Å²) in [5, 5.41) is 8.90. The Morgan fingerprint density at radius 1 is 1.00 bits per heavy atom. The van der Waals surface area contributed by atoms with Gasteiger partial charge in [0.15, 0.2) is 22.3 Å². The van der Waals surface area contributed by atoms with Gasteiger partial charge >= 0.3 is 0 Å². The third kappa shape index (κ3) is 2.50. The number of nitrogens with zero attached hydrogens (tertiary/aromatic N) is 6. The van der Waals surface area contributed by atoms with Gasteiger partial charge in [-0.2, -0.15) is 0 Å². The second-order valence-corrected chi connectivity index (χ2v) is 6.18. The molecule has 0 radical (unpaired) electrons. The molecule has 0 aliphatic heterocycles. The van der Waals surface area contributed by atoms with Crippen molar-refractivity contribution in [2.45, 2.75) is 6.54 Å². The molecule has 0 N–H and O–H groups in total. The smallest absolute Gasteiger partial charge is 0.166 e. The van der Waals surface area contributed by atoms with E-state index in [1.54, 1.807) is 0 Å². The maximum absolute atomic E-state index is 6.36. The fourth-order valence-corrected chi connectivity index (χ4v) is 2.92. The van der Waals surface area contributed by atoms with E-state index in [1.165, 1.54) is 0 Å². The van der Waals surface area contributed by atoms with Gasteiger partial charge in [0.25, 0.3) is 0 Å². The van der Waals surface area contributed by atoms with Gasteiger partial charge in [-0.15, -0.1) is 10.2 Å². The van der Waals surface area contributed by atoms with Gasteiger partial charge in [-0.3, -0.25) is 4.40 Å². The van der Waals surface area contributed by atoms with Crippen molar-refractivity contribution >= 4 is 28.4 Å². The average molecular weight is 339 g/mol. The monoisotopic (exact) mass is 338 g/mol. The van der Waals surface area contributed by atoms with Crippen molar-refractivity contribution in [2.75, 3.05) is 14.1 Å². The maximum Gasteiger partial charge on any atom is 0.166 e. The lowest BCUT2D eigenvalue weighted by molar-refractivity contribution is 0.389. The number of aromatic nitrogens is 5. The van der Waals surface area contributed by atoms with Crippen LogP contribution in [0.4, 0.5) is 0 Å². The Morgan fingerprint density at radius 3 is 2.54 bits per heavy atom. The molecule has 4 rings (SSSR count). The Morgan fingerprint density at radius 2 is 1.79 bits per heavy atom. The average Bonchev–Trinajstić information content (AvgIpc) is 2.97. The van der Waals surface area contributed by atoms with E-state index in [0.717, 1.165) is 17.0 Å². The highest BCUT2D eigenvalue weighted by molar-refractivity contribution is 6.32.